The van der Waals surface area contributed by atoms with Gasteiger partial charge in [-0.05, 0) is 50.4 Å². The summed E-state index contributed by atoms with van der Waals surface area (Å²) in [6.07, 6.45) is 8.35. The van der Waals surface area contributed by atoms with Gasteiger partial charge in [-0.25, -0.2) is 4.79 Å². The van der Waals surface area contributed by atoms with Crippen LogP contribution in [-0.2, 0) is 27.1 Å². The Kier molecular flexibility index (Phi) is 6.73. The van der Waals surface area contributed by atoms with E-state index in [-0.39, 0.29) is 5.97 Å². The maximum Gasteiger partial charge on any atom is 0.341 e. The summed E-state index contributed by atoms with van der Waals surface area (Å²) in [4.78, 5) is 16.2. The molecule has 0 amide bonds. The van der Waals surface area contributed by atoms with E-state index in [1.807, 2.05) is 6.92 Å². The first kappa shape index (κ1) is 21.0. The van der Waals surface area contributed by atoms with Gasteiger partial charge in [-0.3, -0.25) is 0 Å². The lowest BCUT2D eigenvalue weighted by Gasteiger charge is -2.38. The number of likely N-dealkylation sites (tertiary alicyclic amines) is 1. The molecule has 0 bridgehead atoms. The standard InChI is InChI=1S/C21H30N2O4S2/c1-2-25-19(24)17-15-7-5-3-4-6-8-16(15)29-18(17)22-20(28)23-11-9-21(10-12-23)26-13-14-27-21/h2-14H2,1H3,(H,22,28). The number of nitrogens with zero attached hydrogens (tertiary/aromatic N) is 1. The molecule has 2 fully saturated rings. The second-order valence-corrected chi connectivity index (χ2v) is 9.36. The number of fused-ring (bicyclic) bond motifs is 1. The van der Waals surface area contributed by atoms with Crippen molar-refractivity contribution in [3.63, 3.8) is 0 Å². The second kappa shape index (κ2) is 9.29. The fourth-order valence-corrected chi connectivity index (χ4v) is 6.06. The van der Waals surface area contributed by atoms with Crippen LogP contribution in [0, 0.1) is 0 Å². The third-order valence-electron chi connectivity index (χ3n) is 6.00. The van der Waals surface area contributed by atoms with Crippen LogP contribution in [0.1, 0.15) is 66.2 Å². The zero-order chi connectivity index (χ0) is 20.3. The van der Waals surface area contributed by atoms with Gasteiger partial charge in [-0.2, -0.15) is 0 Å². The predicted octanol–water partition coefficient (Wildman–Crippen LogP) is 4.12. The van der Waals surface area contributed by atoms with Gasteiger partial charge >= 0.3 is 5.97 Å². The average molecular weight is 439 g/mol. The summed E-state index contributed by atoms with van der Waals surface area (Å²) < 4.78 is 17.0. The van der Waals surface area contributed by atoms with Gasteiger partial charge < -0.3 is 24.4 Å². The number of anilines is 1. The van der Waals surface area contributed by atoms with E-state index >= 15 is 0 Å². The molecule has 29 heavy (non-hydrogen) atoms. The maximum atomic E-state index is 12.8. The number of nitrogens with one attached hydrogen (secondary N) is 1. The Bertz CT molecular complexity index is 748. The second-order valence-electron chi connectivity index (χ2n) is 7.87. The Labute approximate surface area is 181 Å². The molecule has 1 aromatic heterocycles. The number of carbonyl (C=O) groups is 1. The number of piperidine rings is 1. The summed E-state index contributed by atoms with van der Waals surface area (Å²) in [5, 5.41) is 4.90. The molecular formula is C21H30N2O4S2. The van der Waals surface area contributed by atoms with Crippen LogP contribution in [-0.4, -0.2) is 54.7 Å². The number of carbonyl (C=O) groups excluding carboxylic acids is 1. The predicted molar refractivity (Wildman–Crippen MR) is 118 cm³/mol. The first-order valence-electron chi connectivity index (χ1n) is 10.8. The Morgan fingerprint density at radius 1 is 1.17 bits per heavy atom. The molecular weight excluding hydrogens is 408 g/mol. The number of hydrogen-bond acceptors (Lipinski definition) is 6. The molecule has 1 aliphatic carbocycles. The van der Waals surface area contributed by atoms with E-state index in [1.165, 1.54) is 29.7 Å². The van der Waals surface area contributed by atoms with Crippen molar-refractivity contribution in [3.05, 3.63) is 16.0 Å². The third-order valence-corrected chi connectivity index (χ3v) is 7.56. The smallest absolute Gasteiger partial charge is 0.341 e. The van der Waals surface area contributed by atoms with Crippen LogP contribution in [0.25, 0.3) is 0 Å². The first-order valence-corrected chi connectivity index (χ1v) is 12.0. The highest BCUT2D eigenvalue weighted by atomic mass is 32.1. The minimum atomic E-state index is -0.416. The summed E-state index contributed by atoms with van der Waals surface area (Å²) in [6, 6.07) is 0. The maximum absolute atomic E-state index is 12.8. The average Bonchev–Trinajstić information content (AvgIpc) is 3.27. The summed E-state index contributed by atoms with van der Waals surface area (Å²) in [7, 11) is 0. The molecule has 4 rings (SSSR count). The van der Waals surface area contributed by atoms with Gasteiger partial charge in [0.1, 0.15) is 5.00 Å². The summed E-state index contributed by atoms with van der Waals surface area (Å²) in [6.45, 7) is 5.14. The molecule has 3 heterocycles. The molecule has 0 atom stereocenters. The van der Waals surface area contributed by atoms with Crippen molar-refractivity contribution in [2.24, 2.45) is 0 Å². The first-order chi connectivity index (χ1) is 14.1. The Hall–Kier alpha value is -1.22. The van der Waals surface area contributed by atoms with Crippen LogP contribution in [0.15, 0.2) is 0 Å². The third kappa shape index (κ3) is 4.60. The number of rotatable bonds is 3. The van der Waals surface area contributed by atoms with Crippen molar-refractivity contribution in [2.75, 3.05) is 38.2 Å². The van der Waals surface area contributed by atoms with Crippen molar-refractivity contribution in [1.82, 2.24) is 4.90 Å². The fourth-order valence-electron chi connectivity index (χ4n) is 4.44. The van der Waals surface area contributed by atoms with Gasteiger partial charge in [0.2, 0.25) is 0 Å². The lowest BCUT2D eigenvalue weighted by Crippen LogP contribution is -2.48. The largest absolute Gasteiger partial charge is 0.462 e. The van der Waals surface area contributed by atoms with Crippen molar-refractivity contribution >= 4 is 39.6 Å². The SMILES string of the molecule is CCOC(=O)c1c(NC(=S)N2CCC3(CC2)OCCO3)sc2c1CCCCCC2. The molecule has 6 nitrogen and oxygen atoms in total. The van der Waals surface area contributed by atoms with Crippen molar-refractivity contribution in [1.29, 1.82) is 0 Å². The van der Waals surface area contributed by atoms with E-state index in [0.717, 1.165) is 50.2 Å². The molecule has 2 saturated heterocycles. The molecule has 1 aromatic rings. The quantitative estimate of drug-likeness (QED) is 0.563. The molecule has 0 radical (unpaired) electrons. The minimum absolute atomic E-state index is 0.235. The number of hydrogen-bond donors (Lipinski definition) is 1. The molecule has 0 unspecified atom stereocenters. The summed E-state index contributed by atoms with van der Waals surface area (Å²) in [5.74, 6) is -0.651. The number of ether oxygens (including phenoxy) is 3. The Morgan fingerprint density at radius 2 is 1.86 bits per heavy atom. The van der Waals surface area contributed by atoms with Gasteiger partial charge in [0.05, 0.1) is 25.4 Å². The zero-order valence-corrected chi connectivity index (χ0v) is 18.7. The van der Waals surface area contributed by atoms with Gasteiger partial charge in [-0.1, -0.05) is 12.8 Å². The zero-order valence-electron chi connectivity index (χ0n) is 17.1. The van der Waals surface area contributed by atoms with Crippen molar-refractivity contribution in [2.45, 2.75) is 64.1 Å². The lowest BCUT2D eigenvalue weighted by atomic mass is 9.96. The molecule has 2 aliphatic heterocycles. The van der Waals surface area contributed by atoms with Crippen LogP contribution < -0.4 is 5.32 Å². The van der Waals surface area contributed by atoms with Gasteiger partial charge in [0.15, 0.2) is 10.9 Å². The highest BCUT2D eigenvalue weighted by Gasteiger charge is 2.40. The van der Waals surface area contributed by atoms with E-state index in [1.54, 1.807) is 11.3 Å². The van der Waals surface area contributed by atoms with E-state index in [2.05, 4.69) is 10.2 Å². The van der Waals surface area contributed by atoms with E-state index in [0.29, 0.717) is 30.5 Å². The number of thiocarbonyl (C=S) groups is 1. The van der Waals surface area contributed by atoms with Crippen LogP contribution in [0.2, 0.25) is 0 Å². The highest BCUT2D eigenvalue weighted by Crippen LogP contribution is 2.38. The van der Waals surface area contributed by atoms with Crippen LogP contribution in [0.4, 0.5) is 5.00 Å². The molecule has 1 spiro atoms. The van der Waals surface area contributed by atoms with Gasteiger partial charge in [0.25, 0.3) is 0 Å². The molecule has 0 saturated carbocycles. The minimum Gasteiger partial charge on any atom is -0.462 e. The van der Waals surface area contributed by atoms with Crippen LogP contribution in [0.3, 0.4) is 0 Å². The number of esters is 1. The molecule has 8 heteroatoms. The number of thiophene rings is 1. The van der Waals surface area contributed by atoms with Crippen molar-refractivity contribution < 1.29 is 19.0 Å². The molecule has 0 aromatic carbocycles. The number of aryl methyl sites for hydroxylation is 1. The lowest BCUT2D eigenvalue weighted by molar-refractivity contribution is -0.180. The van der Waals surface area contributed by atoms with Crippen molar-refractivity contribution in [3.8, 4) is 0 Å². The normalized spacial score (nSPS) is 21.3. The Balaban J connectivity index is 1.50. The highest BCUT2D eigenvalue weighted by molar-refractivity contribution is 7.80. The van der Waals surface area contributed by atoms with E-state index < -0.39 is 5.79 Å². The Morgan fingerprint density at radius 3 is 2.55 bits per heavy atom. The fraction of sp³-hybridized carbons (Fsp3) is 0.714. The monoisotopic (exact) mass is 438 g/mol. The van der Waals surface area contributed by atoms with Gasteiger partial charge in [-0.15, -0.1) is 11.3 Å². The van der Waals surface area contributed by atoms with E-state index in [9.17, 15) is 4.79 Å². The molecule has 160 valence electrons. The van der Waals surface area contributed by atoms with Crippen LogP contribution in [0.5, 0.6) is 0 Å². The molecule has 1 N–H and O–H groups in total. The summed E-state index contributed by atoms with van der Waals surface area (Å²) >= 11 is 7.39. The summed E-state index contributed by atoms with van der Waals surface area (Å²) in [5.41, 5.74) is 1.87. The van der Waals surface area contributed by atoms with Gasteiger partial charge in [0, 0.05) is 30.8 Å². The topological polar surface area (TPSA) is 60.0 Å². The van der Waals surface area contributed by atoms with E-state index in [4.69, 9.17) is 26.4 Å². The molecule has 3 aliphatic rings. The van der Waals surface area contributed by atoms with Crippen LogP contribution >= 0.6 is 23.6 Å².